The van der Waals surface area contributed by atoms with Crippen molar-refractivity contribution < 1.29 is 23.9 Å². The van der Waals surface area contributed by atoms with Crippen LogP contribution in [0.3, 0.4) is 0 Å². The molecule has 0 unspecified atom stereocenters. The normalized spacial score (nSPS) is 14.5. The highest BCUT2D eigenvalue weighted by atomic mass is 32.2. The first-order chi connectivity index (χ1) is 15.9. The number of nitrogens with one attached hydrogen (secondary N) is 1. The molecule has 0 aromatic heterocycles. The maximum Gasteiger partial charge on any atom is 0.294 e. The van der Waals surface area contributed by atoms with Gasteiger partial charge in [0.1, 0.15) is 6.54 Å². The van der Waals surface area contributed by atoms with Gasteiger partial charge in [-0.1, -0.05) is 23.8 Å². The summed E-state index contributed by atoms with van der Waals surface area (Å²) in [6.45, 7) is 7.67. The van der Waals surface area contributed by atoms with E-state index in [1.165, 1.54) is 0 Å². The summed E-state index contributed by atoms with van der Waals surface area (Å²) in [6.07, 6.45) is 3.92. The van der Waals surface area contributed by atoms with Crippen LogP contribution in [0, 0.1) is 6.92 Å². The summed E-state index contributed by atoms with van der Waals surface area (Å²) in [5.74, 6) is 0.193. The summed E-state index contributed by atoms with van der Waals surface area (Å²) >= 11 is 0.802. The van der Waals surface area contributed by atoms with Gasteiger partial charge in [-0.05, 0) is 67.9 Å². The number of methoxy groups -OCH3 is 1. The minimum absolute atomic E-state index is 0.236. The van der Waals surface area contributed by atoms with E-state index in [9.17, 15) is 14.4 Å². The molecule has 0 atom stereocenters. The molecule has 1 aliphatic rings. The predicted molar refractivity (Wildman–Crippen MR) is 131 cm³/mol. The number of carbonyl (C=O) groups excluding carboxylic acids is 3. The lowest BCUT2D eigenvalue weighted by atomic mass is 10.0. The number of aryl methyl sites for hydroxylation is 1. The van der Waals surface area contributed by atoms with Crippen molar-refractivity contribution in [2.45, 2.75) is 20.3 Å². The molecule has 0 aliphatic carbocycles. The van der Waals surface area contributed by atoms with Crippen molar-refractivity contribution in [2.75, 3.05) is 25.6 Å². The second kappa shape index (κ2) is 10.9. The van der Waals surface area contributed by atoms with Gasteiger partial charge in [0.05, 0.1) is 18.6 Å². The molecular weight excluding hydrogens is 440 g/mol. The zero-order chi connectivity index (χ0) is 24.0. The van der Waals surface area contributed by atoms with Gasteiger partial charge in [-0.25, -0.2) is 0 Å². The van der Waals surface area contributed by atoms with Crippen LogP contribution in [-0.2, 0) is 16.0 Å². The quantitative estimate of drug-likeness (QED) is 0.422. The monoisotopic (exact) mass is 466 g/mol. The molecule has 0 radical (unpaired) electrons. The third-order valence-electron chi connectivity index (χ3n) is 4.83. The molecule has 3 rings (SSSR count). The average molecular weight is 467 g/mol. The van der Waals surface area contributed by atoms with Crippen molar-refractivity contribution in [3.05, 3.63) is 70.6 Å². The van der Waals surface area contributed by atoms with Crippen LogP contribution in [0.4, 0.5) is 10.5 Å². The zero-order valence-electron chi connectivity index (χ0n) is 18.8. The molecule has 1 N–H and O–H groups in total. The van der Waals surface area contributed by atoms with Crippen LogP contribution in [0.15, 0.2) is 54.0 Å². The maximum absolute atomic E-state index is 12.9. The van der Waals surface area contributed by atoms with Crippen molar-refractivity contribution >= 4 is 40.6 Å². The fraction of sp³-hybridized carbons (Fsp3) is 0.240. The second-order valence-corrected chi connectivity index (χ2v) is 8.31. The van der Waals surface area contributed by atoms with Crippen LogP contribution in [0.2, 0.25) is 0 Å². The third-order valence-corrected chi connectivity index (χ3v) is 5.74. The summed E-state index contributed by atoms with van der Waals surface area (Å²) < 4.78 is 11.2. The number of hydrogen-bond acceptors (Lipinski definition) is 6. The molecule has 0 bridgehead atoms. The lowest BCUT2D eigenvalue weighted by Gasteiger charge is -2.14. The molecule has 2 aromatic carbocycles. The summed E-state index contributed by atoms with van der Waals surface area (Å²) in [5, 5.41) is 2.21. The van der Waals surface area contributed by atoms with Gasteiger partial charge in [0, 0.05) is 11.3 Å². The van der Waals surface area contributed by atoms with Gasteiger partial charge in [-0.15, -0.1) is 6.58 Å². The summed E-state index contributed by atoms with van der Waals surface area (Å²) in [6, 6.07) is 10.9. The topological polar surface area (TPSA) is 84.9 Å². The van der Waals surface area contributed by atoms with E-state index in [2.05, 4.69) is 11.9 Å². The highest BCUT2D eigenvalue weighted by Crippen LogP contribution is 2.37. The van der Waals surface area contributed by atoms with Crippen LogP contribution < -0.4 is 14.8 Å². The van der Waals surface area contributed by atoms with Crippen molar-refractivity contribution in [1.82, 2.24) is 4.90 Å². The number of benzene rings is 2. The van der Waals surface area contributed by atoms with E-state index >= 15 is 0 Å². The fourth-order valence-corrected chi connectivity index (χ4v) is 4.18. The lowest BCUT2D eigenvalue weighted by molar-refractivity contribution is -0.127. The van der Waals surface area contributed by atoms with E-state index in [1.807, 2.05) is 32.0 Å². The van der Waals surface area contributed by atoms with Crippen molar-refractivity contribution in [2.24, 2.45) is 0 Å². The van der Waals surface area contributed by atoms with Gasteiger partial charge in [0.15, 0.2) is 11.5 Å². The molecule has 2 aromatic rings. The van der Waals surface area contributed by atoms with Gasteiger partial charge < -0.3 is 14.8 Å². The van der Waals surface area contributed by atoms with E-state index in [-0.39, 0.29) is 11.4 Å². The Morgan fingerprint density at radius 2 is 1.94 bits per heavy atom. The second-order valence-electron chi connectivity index (χ2n) is 7.32. The van der Waals surface area contributed by atoms with E-state index in [4.69, 9.17) is 9.47 Å². The van der Waals surface area contributed by atoms with Crippen molar-refractivity contribution in [1.29, 1.82) is 0 Å². The van der Waals surface area contributed by atoms with E-state index < -0.39 is 17.1 Å². The van der Waals surface area contributed by atoms with E-state index in [1.54, 1.807) is 37.5 Å². The average Bonchev–Trinajstić information content (AvgIpc) is 3.03. The first-order valence-corrected chi connectivity index (χ1v) is 11.2. The fourth-order valence-electron chi connectivity index (χ4n) is 3.34. The number of anilines is 1. The number of hydrogen-bond donors (Lipinski definition) is 1. The van der Waals surface area contributed by atoms with E-state index in [0.717, 1.165) is 27.8 Å². The van der Waals surface area contributed by atoms with Crippen LogP contribution in [-0.4, -0.2) is 42.2 Å². The van der Waals surface area contributed by atoms with Crippen molar-refractivity contribution in [3.8, 4) is 11.5 Å². The van der Waals surface area contributed by atoms with Crippen LogP contribution in [0.25, 0.3) is 6.08 Å². The Balaban J connectivity index is 1.80. The Morgan fingerprint density at radius 3 is 2.58 bits per heavy atom. The van der Waals surface area contributed by atoms with Crippen LogP contribution >= 0.6 is 11.8 Å². The van der Waals surface area contributed by atoms with Gasteiger partial charge in [0.2, 0.25) is 5.91 Å². The molecule has 8 heteroatoms. The standard InChI is InChI=1S/C25H26N2O5S/c1-5-7-18-12-17(13-20(32-6-2)23(18)31-4)14-21-24(29)27(25(30)33-21)15-22(28)26-19-10-8-16(3)9-11-19/h5,8-14H,1,6-7,15H2,2-4H3,(H,26,28). The SMILES string of the molecule is C=CCc1cc(C=C2SC(=O)N(CC(=O)Nc3ccc(C)cc3)C2=O)cc(OCC)c1OC. The molecule has 172 valence electrons. The Kier molecular flexibility index (Phi) is 7.95. The molecule has 0 saturated carbocycles. The number of thioether (sulfide) groups is 1. The molecule has 3 amide bonds. The number of rotatable bonds is 9. The summed E-state index contributed by atoms with van der Waals surface area (Å²) in [4.78, 5) is 38.9. The minimum Gasteiger partial charge on any atom is -0.493 e. The molecule has 7 nitrogen and oxygen atoms in total. The highest BCUT2D eigenvalue weighted by molar-refractivity contribution is 8.18. The largest absolute Gasteiger partial charge is 0.493 e. The van der Waals surface area contributed by atoms with Crippen LogP contribution in [0.1, 0.15) is 23.6 Å². The Bertz CT molecular complexity index is 1110. The molecule has 1 saturated heterocycles. The molecule has 1 aliphatic heterocycles. The van der Waals surface area contributed by atoms with Crippen molar-refractivity contribution in [3.63, 3.8) is 0 Å². The Hall–Kier alpha value is -3.52. The number of allylic oxidation sites excluding steroid dienone is 1. The predicted octanol–water partition coefficient (Wildman–Crippen LogP) is 4.81. The van der Waals surface area contributed by atoms with Gasteiger partial charge in [0.25, 0.3) is 11.1 Å². The number of ether oxygens (including phenoxy) is 2. The first-order valence-electron chi connectivity index (χ1n) is 10.4. The smallest absolute Gasteiger partial charge is 0.294 e. The molecule has 0 spiro atoms. The van der Waals surface area contributed by atoms with E-state index in [0.29, 0.717) is 35.8 Å². The van der Waals surface area contributed by atoms with Gasteiger partial charge in [-0.2, -0.15) is 0 Å². The number of amides is 3. The Labute approximate surface area is 197 Å². The van der Waals surface area contributed by atoms with Gasteiger partial charge >= 0.3 is 0 Å². The molecule has 1 heterocycles. The molecule has 33 heavy (non-hydrogen) atoms. The Morgan fingerprint density at radius 1 is 1.21 bits per heavy atom. The number of imide groups is 1. The maximum atomic E-state index is 12.9. The molecule has 1 fully saturated rings. The number of carbonyl (C=O) groups is 3. The third kappa shape index (κ3) is 5.84. The zero-order valence-corrected chi connectivity index (χ0v) is 19.7. The summed E-state index contributed by atoms with van der Waals surface area (Å²) in [5.41, 5.74) is 3.20. The highest BCUT2D eigenvalue weighted by Gasteiger charge is 2.36. The lowest BCUT2D eigenvalue weighted by Crippen LogP contribution is -2.36. The summed E-state index contributed by atoms with van der Waals surface area (Å²) in [7, 11) is 1.57. The minimum atomic E-state index is -0.511. The van der Waals surface area contributed by atoms with Gasteiger partial charge in [-0.3, -0.25) is 19.3 Å². The molecular formula is C25H26N2O5S. The first kappa shape index (κ1) is 24.1. The van der Waals surface area contributed by atoms with Crippen LogP contribution in [0.5, 0.6) is 11.5 Å². The number of nitrogens with zero attached hydrogens (tertiary/aromatic N) is 1.